The monoisotopic (exact) mass is 593 g/mol. The summed E-state index contributed by atoms with van der Waals surface area (Å²) in [4.78, 5) is 3.61. The fraction of sp³-hybridized carbons (Fsp3) is 0.0233. The van der Waals surface area contributed by atoms with Crippen molar-refractivity contribution in [1.29, 1.82) is 0 Å². The molecule has 0 aliphatic carbocycles. The standard InChI is InChI=1S/C43H31NS/c1-30-10-4-2-5-12-35-29-38(23-27-43(35)45-30)44(36-13-6-3-7-14-36)37-21-16-31(17-22-37)33-19-24-40-34(28-33)20-26-41-39-15-9-8-11-32(39)18-25-42(40)41/h2-29H,1H3. The molecule has 1 heterocycles. The van der Waals surface area contributed by atoms with Crippen LogP contribution in [0.3, 0.4) is 0 Å². The third-order valence-electron chi connectivity index (χ3n) is 8.57. The predicted molar refractivity (Wildman–Crippen MR) is 197 cm³/mol. The molecular formula is C43H31NS. The largest absolute Gasteiger partial charge is 0.310 e. The molecule has 0 spiro atoms. The Balaban J connectivity index is 1.19. The average Bonchev–Trinajstić information content (AvgIpc) is 3.18. The maximum Gasteiger partial charge on any atom is 0.0468 e. The maximum atomic E-state index is 2.34. The van der Waals surface area contributed by atoms with Crippen molar-refractivity contribution in [3.05, 3.63) is 175 Å². The Morgan fingerprint density at radius 1 is 0.378 bits per heavy atom. The fourth-order valence-corrected chi connectivity index (χ4v) is 7.23. The molecule has 1 nitrogen and oxygen atoms in total. The molecule has 0 bridgehead atoms. The van der Waals surface area contributed by atoms with Crippen molar-refractivity contribution in [2.75, 3.05) is 4.90 Å². The summed E-state index contributed by atoms with van der Waals surface area (Å²) in [5.74, 6) is 0. The molecule has 45 heavy (non-hydrogen) atoms. The molecule has 7 aromatic carbocycles. The van der Waals surface area contributed by atoms with Gasteiger partial charge in [-0.15, -0.1) is 11.3 Å². The number of fused-ring (bicyclic) bond motifs is 6. The van der Waals surface area contributed by atoms with Gasteiger partial charge in [-0.1, -0.05) is 115 Å². The Kier molecular flexibility index (Phi) is 6.98. The van der Waals surface area contributed by atoms with Gasteiger partial charge in [-0.3, -0.25) is 0 Å². The number of anilines is 3. The van der Waals surface area contributed by atoms with Crippen molar-refractivity contribution in [1.82, 2.24) is 0 Å². The van der Waals surface area contributed by atoms with E-state index in [4.69, 9.17) is 0 Å². The summed E-state index contributed by atoms with van der Waals surface area (Å²) in [5.41, 5.74) is 5.81. The van der Waals surface area contributed by atoms with Crippen LogP contribution < -0.4 is 4.90 Å². The maximum absolute atomic E-state index is 2.34. The number of aryl methyl sites for hydroxylation is 1. The highest BCUT2D eigenvalue weighted by Gasteiger charge is 2.13. The van der Waals surface area contributed by atoms with Crippen LogP contribution in [0.1, 0.15) is 4.88 Å². The van der Waals surface area contributed by atoms with E-state index < -0.39 is 0 Å². The molecule has 2 heteroatoms. The number of hydrogen-bond acceptors (Lipinski definition) is 2. The molecule has 0 atom stereocenters. The second-order valence-corrected chi connectivity index (χ2v) is 12.7. The highest BCUT2D eigenvalue weighted by molar-refractivity contribution is 7.18. The second-order valence-electron chi connectivity index (χ2n) is 11.4. The molecule has 0 aliphatic heterocycles. The van der Waals surface area contributed by atoms with Crippen molar-refractivity contribution >= 4 is 70.8 Å². The number of para-hydroxylation sites is 1. The van der Waals surface area contributed by atoms with Crippen LogP contribution in [0.4, 0.5) is 17.1 Å². The second kappa shape index (κ2) is 11.6. The van der Waals surface area contributed by atoms with E-state index in [1.807, 2.05) is 11.3 Å². The summed E-state index contributed by atoms with van der Waals surface area (Å²) in [6.45, 7) is 2.16. The van der Waals surface area contributed by atoms with Crippen molar-refractivity contribution in [3.63, 3.8) is 0 Å². The normalized spacial score (nSPS) is 11.2. The number of benzene rings is 7. The number of hydrogen-bond donors (Lipinski definition) is 0. The average molecular weight is 594 g/mol. The SMILES string of the molecule is Cc1cccccc2cc(N(c3ccccc3)c3ccc(-c4ccc5c(ccc6c7ccccc7ccc56)c4)cc3)ccc2s1. The first kappa shape index (κ1) is 27.1. The minimum absolute atomic E-state index is 1.12. The molecule has 1 aromatic heterocycles. The zero-order chi connectivity index (χ0) is 30.2. The molecule has 0 aliphatic rings. The van der Waals surface area contributed by atoms with E-state index in [0.717, 1.165) is 17.1 Å². The summed E-state index contributed by atoms with van der Waals surface area (Å²) in [6, 6.07) is 61.6. The fourth-order valence-electron chi connectivity index (χ4n) is 6.36. The molecule has 0 amide bonds. The molecular weight excluding hydrogens is 563 g/mol. The Labute approximate surface area is 267 Å². The van der Waals surface area contributed by atoms with Crippen LogP contribution in [0, 0.1) is 6.92 Å². The van der Waals surface area contributed by atoms with E-state index >= 15 is 0 Å². The zero-order valence-corrected chi connectivity index (χ0v) is 25.8. The highest BCUT2D eigenvalue weighted by Crippen LogP contribution is 2.38. The van der Waals surface area contributed by atoms with E-state index in [1.54, 1.807) is 0 Å². The lowest BCUT2D eigenvalue weighted by molar-refractivity contribution is 1.29. The third-order valence-corrected chi connectivity index (χ3v) is 9.62. The third kappa shape index (κ3) is 5.20. The van der Waals surface area contributed by atoms with Crippen LogP contribution in [-0.4, -0.2) is 0 Å². The van der Waals surface area contributed by atoms with Crippen LogP contribution in [-0.2, 0) is 0 Å². The van der Waals surface area contributed by atoms with E-state index in [9.17, 15) is 0 Å². The first-order valence-electron chi connectivity index (χ1n) is 15.3. The first-order valence-corrected chi connectivity index (χ1v) is 16.2. The highest BCUT2D eigenvalue weighted by atomic mass is 32.1. The Morgan fingerprint density at radius 3 is 1.78 bits per heavy atom. The molecule has 8 aromatic rings. The van der Waals surface area contributed by atoms with E-state index in [0.29, 0.717) is 0 Å². The smallest absolute Gasteiger partial charge is 0.0468 e. The number of nitrogens with zero attached hydrogens (tertiary/aromatic N) is 1. The van der Waals surface area contributed by atoms with E-state index in [-0.39, 0.29) is 0 Å². The lowest BCUT2D eigenvalue weighted by Gasteiger charge is -2.26. The summed E-state index contributed by atoms with van der Waals surface area (Å²) >= 11 is 1.81. The van der Waals surface area contributed by atoms with Gasteiger partial charge in [0.15, 0.2) is 0 Å². The topological polar surface area (TPSA) is 3.24 Å². The van der Waals surface area contributed by atoms with Crippen LogP contribution in [0.2, 0.25) is 0 Å². The minimum atomic E-state index is 1.12. The van der Waals surface area contributed by atoms with Crippen LogP contribution in [0.15, 0.2) is 170 Å². The van der Waals surface area contributed by atoms with Crippen LogP contribution >= 0.6 is 11.3 Å². The van der Waals surface area contributed by atoms with Gasteiger partial charge in [0, 0.05) is 26.6 Å². The molecule has 0 fully saturated rings. The lowest BCUT2D eigenvalue weighted by atomic mass is 9.95. The van der Waals surface area contributed by atoms with Crippen LogP contribution in [0.5, 0.6) is 0 Å². The van der Waals surface area contributed by atoms with Crippen molar-refractivity contribution < 1.29 is 0 Å². The van der Waals surface area contributed by atoms with Crippen molar-refractivity contribution in [3.8, 4) is 11.1 Å². The number of rotatable bonds is 4. The summed E-state index contributed by atoms with van der Waals surface area (Å²) in [7, 11) is 0. The van der Waals surface area contributed by atoms with E-state index in [2.05, 4.69) is 182 Å². The molecule has 0 N–H and O–H groups in total. The van der Waals surface area contributed by atoms with Crippen LogP contribution in [0.25, 0.3) is 53.5 Å². The lowest BCUT2D eigenvalue weighted by Crippen LogP contribution is -2.09. The summed E-state index contributed by atoms with van der Waals surface area (Å²) in [5, 5.41) is 8.95. The Morgan fingerprint density at radius 2 is 0.956 bits per heavy atom. The van der Waals surface area contributed by atoms with Gasteiger partial charge in [0.1, 0.15) is 0 Å². The first-order chi connectivity index (χ1) is 22.2. The van der Waals surface area contributed by atoms with Gasteiger partial charge in [0.05, 0.1) is 0 Å². The van der Waals surface area contributed by atoms with Gasteiger partial charge >= 0.3 is 0 Å². The predicted octanol–water partition coefficient (Wildman–Crippen LogP) is 12.9. The summed E-state index contributed by atoms with van der Waals surface area (Å²) < 4.78 is 1.26. The minimum Gasteiger partial charge on any atom is -0.310 e. The molecule has 214 valence electrons. The molecule has 8 rings (SSSR count). The van der Waals surface area contributed by atoms with Gasteiger partial charge in [-0.2, -0.15) is 0 Å². The van der Waals surface area contributed by atoms with Gasteiger partial charge in [-0.05, 0) is 110 Å². The quantitative estimate of drug-likeness (QED) is 0.184. The van der Waals surface area contributed by atoms with Gasteiger partial charge < -0.3 is 4.90 Å². The molecule has 0 unspecified atom stereocenters. The Bertz CT molecular complexity index is 2380. The van der Waals surface area contributed by atoms with Gasteiger partial charge in [0.2, 0.25) is 0 Å². The Hall–Kier alpha value is -5.44. The van der Waals surface area contributed by atoms with Crippen molar-refractivity contribution in [2.24, 2.45) is 0 Å². The zero-order valence-electron chi connectivity index (χ0n) is 25.0. The molecule has 0 radical (unpaired) electrons. The molecule has 0 saturated heterocycles. The van der Waals surface area contributed by atoms with Gasteiger partial charge in [0.25, 0.3) is 0 Å². The van der Waals surface area contributed by atoms with Crippen molar-refractivity contribution in [2.45, 2.75) is 6.92 Å². The van der Waals surface area contributed by atoms with Gasteiger partial charge in [-0.25, -0.2) is 0 Å². The summed E-state index contributed by atoms with van der Waals surface area (Å²) in [6.07, 6.45) is 0. The van der Waals surface area contributed by atoms with E-state index in [1.165, 1.54) is 58.4 Å². The molecule has 0 saturated carbocycles.